The van der Waals surface area contributed by atoms with Crippen molar-refractivity contribution in [2.75, 3.05) is 47.5 Å². The van der Waals surface area contributed by atoms with Crippen LogP contribution in [0.5, 0.6) is 11.5 Å². The van der Waals surface area contributed by atoms with E-state index in [9.17, 15) is 0 Å². The van der Waals surface area contributed by atoms with Gasteiger partial charge in [-0.3, -0.25) is 0 Å². The molecule has 0 bridgehead atoms. The molecule has 1 saturated heterocycles. The molecule has 0 radical (unpaired) electrons. The largest absolute Gasteiger partial charge is 0.497 e. The van der Waals surface area contributed by atoms with Crippen molar-refractivity contribution in [3.63, 3.8) is 0 Å². The molecule has 0 aromatic heterocycles. The van der Waals surface area contributed by atoms with Crippen LogP contribution in [0, 0.1) is 0 Å². The van der Waals surface area contributed by atoms with E-state index in [4.69, 9.17) is 19.2 Å². The van der Waals surface area contributed by atoms with Crippen LogP contribution in [0.2, 0.25) is 0 Å². The van der Waals surface area contributed by atoms with Gasteiger partial charge in [0.15, 0.2) is 5.96 Å². The number of methoxy groups -OCH3 is 1. The number of aliphatic imine (C=N–C) groups is 1. The Hall–Kier alpha value is -1.99. The maximum Gasteiger partial charge on any atom is 0.191 e. The Bertz CT molecular complexity index is 711. The summed E-state index contributed by atoms with van der Waals surface area (Å²) in [7, 11) is 6.00. The number of guanidine groups is 1. The summed E-state index contributed by atoms with van der Waals surface area (Å²) in [5.41, 5.74) is 1.17. The molecule has 7 nitrogen and oxygen atoms in total. The highest BCUT2D eigenvalue weighted by molar-refractivity contribution is 5.79. The zero-order valence-corrected chi connectivity index (χ0v) is 19.7. The summed E-state index contributed by atoms with van der Waals surface area (Å²) in [6, 6.07) is 6.04. The zero-order valence-electron chi connectivity index (χ0n) is 19.7. The fraction of sp³-hybridized carbons (Fsp3) is 0.708. The number of nitrogens with zero attached hydrogens (tertiary/aromatic N) is 2. The summed E-state index contributed by atoms with van der Waals surface area (Å²) < 4.78 is 17.4. The molecule has 1 aromatic rings. The Balaban J connectivity index is 1.70. The van der Waals surface area contributed by atoms with Gasteiger partial charge in [-0.2, -0.15) is 0 Å². The average Bonchev–Trinajstić information content (AvgIpc) is 3.30. The van der Waals surface area contributed by atoms with Crippen molar-refractivity contribution in [3.05, 3.63) is 23.8 Å². The van der Waals surface area contributed by atoms with E-state index in [1.807, 2.05) is 12.1 Å². The molecule has 7 heteroatoms. The van der Waals surface area contributed by atoms with Gasteiger partial charge in [0.1, 0.15) is 11.5 Å². The normalized spacial score (nSPS) is 19.5. The second-order valence-electron chi connectivity index (χ2n) is 8.78. The third-order valence-electron chi connectivity index (χ3n) is 6.58. The fourth-order valence-electron chi connectivity index (χ4n) is 4.38. The van der Waals surface area contributed by atoms with Gasteiger partial charge >= 0.3 is 0 Å². The summed E-state index contributed by atoms with van der Waals surface area (Å²) in [5.74, 6) is 2.54. The molecule has 2 fully saturated rings. The number of benzene rings is 1. The highest BCUT2D eigenvalue weighted by atomic mass is 16.5. The van der Waals surface area contributed by atoms with E-state index in [1.54, 1.807) is 7.11 Å². The molecule has 2 N–H and O–H groups in total. The minimum absolute atomic E-state index is 0.0886. The number of nitrogens with one attached hydrogen (secondary N) is 2. The zero-order chi connectivity index (χ0) is 22.1. The van der Waals surface area contributed by atoms with Gasteiger partial charge < -0.3 is 29.7 Å². The van der Waals surface area contributed by atoms with Gasteiger partial charge in [0.25, 0.3) is 0 Å². The number of hydrogen-bond acceptors (Lipinski definition) is 5. The van der Waals surface area contributed by atoms with Crippen LogP contribution in [-0.4, -0.2) is 70.0 Å². The maximum absolute atomic E-state index is 6.33. The van der Waals surface area contributed by atoms with Crippen LogP contribution < -0.4 is 20.1 Å². The lowest BCUT2D eigenvalue weighted by atomic mass is 9.88. The summed E-state index contributed by atoms with van der Waals surface area (Å²) >= 11 is 0. The third kappa shape index (κ3) is 6.50. The van der Waals surface area contributed by atoms with Crippen molar-refractivity contribution in [1.82, 2.24) is 15.5 Å². The molecule has 1 heterocycles. The van der Waals surface area contributed by atoms with E-state index in [0.717, 1.165) is 75.0 Å². The Labute approximate surface area is 187 Å². The number of likely N-dealkylation sites (N-methyl/N-ethyl adjacent to an activating group) is 1. The molecule has 31 heavy (non-hydrogen) atoms. The third-order valence-corrected chi connectivity index (χ3v) is 6.58. The highest BCUT2D eigenvalue weighted by Crippen LogP contribution is 2.30. The Morgan fingerprint density at radius 2 is 1.94 bits per heavy atom. The average molecular weight is 433 g/mol. The maximum atomic E-state index is 6.33. The van der Waals surface area contributed by atoms with Gasteiger partial charge in [-0.1, -0.05) is 0 Å². The van der Waals surface area contributed by atoms with Gasteiger partial charge in [-0.05, 0) is 71.7 Å². The molecule has 0 atom stereocenters. The van der Waals surface area contributed by atoms with Crippen molar-refractivity contribution in [2.45, 2.75) is 63.6 Å². The van der Waals surface area contributed by atoms with Gasteiger partial charge in [0.05, 0.1) is 19.8 Å². The van der Waals surface area contributed by atoms with Crippen LogP contribution in [-0.2, 0) is 11.3 Å². The number of ether oxygens (including phenoxy) is 3. The molecule has 3 rings (SSSR count). The van der Waals surface area contributed by atoms with Crippen LogP contribution in [0.15, 0.2) is 23.2 Å². The highest BCUT2D eigenvalue weighted by Gasteiger charge is 2.34. The topological polar surface area (TPSA) is 67.4 Å². The molecular formula is C24H40N4O3. The molecule has 1 aliphatic carbocycles. The monoisotopic (exact) mass is 432 g/mol. The van der Waals surface area contributed by atoms with E-state index in [2.05, 4.69) is 42.6 Å². The first kappa shape index (κ1) is 23.7. The van der Waals surface area contributed by atoms with Crippen LogP contribution >= 0.6 is 0 Å². The first-order valence-corrected chi connectivity index (χ1v) is 11.7. The van der Waals surface area contributed by atoms with Crippen molar-refractivity contribution in [3.8, 4) is 11.5 Å². The Morgan fingerprint density at radius 3 is 2.58 bits per heavy atom. The van der Waals surface area contributed by atoms with E-state index in [-0.39, 0.29) is 5.54 Å². The van der Waals surface area contributed by atoms with Crippen LogP contribution in [0.4, 0.5) is 0 Å². The van der Waals surface area contributed by atoms with Crippen LogP contribution in [0.3, 0.4) is 0 Å². The molecule has 0 amide bonds. The van der Waals surface area contributed by atoms with Crippen molar-refractivity contribution in [2.24, 2.45) is 4.99 Å². The van der Waals surface area contributed by atoms with Crippen molar-refractivity contribution in [1.29, 1.82) is 0 Å². The molecule has 1 aromatic carbocycles. The fourth-order valence-corrected chi connectivity index (χ4v) is 4.38. The summed E-state index contributed by atoms with van der Waals surface area (Å²) in [6.45, 7) is 5.92. The predicted molar refractivity (Wildman–Crippen MR) is 125 cm³/mol. The van der Waals surface area contributed by atoms with Crippen LogP contribution in [0.1, 0.15) is 51.0 Å². The van der Waals surface area contributed by atoms with E-state index >= 15 is 0 Å². The standard InChI is InChI=1S/C24H40N4O3/c1-5-25-23(27-18-24(28(2)3)12-14-30-15-13-24)26-17-19-10-11-21(29-4)16-22(19)31-20-8-6-7-9-20/h10-11,16,20H,5-9,12-15,17-18H2,1-4H3,(H2,25,26,27). The molecule has 1 aliphatic heterocycles. The van der Waals surface area contributed by atoms with Crippen molar-refractivity contribution >= 4 is 5.96 Å². The van der Waals surface area contributed by atoms with Gasteiger partial charge in [0.2, 0.25) is 0 Å². The van der Waals surface area contributed by atoms with Gasteiger partial charge in [-0.15, -0.1) is 0 Å². The summed E-state index contributed by atoms with van der Waals surface area (Å²) in [6.07, 6.45) is 7.08. The minimum Gasteiger partial charge on any atom is -0.497 e. The van der Waals surface area contributed by atoms with E-state index < -0.39 is 0 Å². The van der Waals surface area contributed by atoms with Crippen molar-refractivity contribution < 1.29 is 14.2 Å². The lowest BCUT2D eigenvalue weighted by Crippen LogP contribution is -2.57. The first-order valence-electron chi connectivity index (χ1n) is 11.7. The Kier molecular flexibility index (Phi) is 8.84. The predicted octanol–water partition coefficient (Wildman–Crippen LogP) is 3.18. The van der Waals surface area contributed by atoms with Crippen LogP contribution in [0.25, 0.3) is 0 Å². The Morgan fingerprint density at radius 1 is 1.19 bits per heavy atom. The van der Waals surface area contributed by atoms with Gasteiger partial charge in [-0.25, -0.2) is 4.99 Å². The number of rotatable bonds is 9. The molecule has 1 saturated carbocycles. The van der Waals surface area contributed by atoms with Gasteiger partial charge in [0, 0.05) is 43.5 Å². The second-order valence-corrected chi connectivity index (χ2v) is 8.78. The molecule has 0 spiro atoms. The smallest absolute Gasteiger partial charge is 0.191 e. The lowest BCUT2D eigenvalue weighted by Gasteiger charge is -2.43. The summed E-state index contributed by atoms with van der Waals surface area (Å²) in [5, 5.41) is 6.96. The number of hydrogen-bond donors (Lipinski definition) is 2. The lowest BCUT2D eigenvalue weighted by molar-refractivity contribution is -0.00501. The first-order chi connectivity index (χ1) is 15.1. The molecule has 2 aliphatic rings. The van der Waals surface area contributed by atoms with E-state index in [1.165, 1.54) is 12.8 Å². The summed E-state index contributed by atoms with van der Waals surface area (Å²) in [4.78, 5) is 7.20. The SMILES string of the molecule is CCNC(=NCc1ccc(OC)cc1OC1CCCC1)NCC1(N(C)C)CCOCC1. The molecule has 0 unspecified atom stereocenters. The second kappa shape index (κ2) is 11.6. The molecular weight excluding hydrogens is 392 g/mol. The quantitative estimate of drug-likeness (QED) is 0.462. The van der Waals surface area contributed by atoms with E-state index in [0.29, 0.717) is 12.6 Å². The molecule has 174 valence electrons. The minimum atomic E-state index is 0.0886.